The van der Waals surface area contributed by atoms with Crippen molar-refractivity contribution in [3.8, 4) is 0 Å². The third-order valence-corrected chi connectivity index (χ3v) is 4.07. The Bertz CT molecular complexity index is 530. The highest BCUT2D eigenvalue weighted by Gasteiger charge is 2.02. The first-order valence-corrected chi connectivity index (χ1v) is 8.53. The number of aryl methyl sites for hydroxylation is 1. The number of hydrogen-bond donors (Lipinski definition) is 2. The zero-order valence-corrected chi connectivity index (χ0v) is 13.3. The summed E-state index contributed by atoms with van der Waals surface area (Å²) in [5.74, 6) is 1.10. The average Bonchev–Trinajstić information content (AvgIpc) is 2.87. The van der Waals surface area contributed by atoms with Crippen LogP contribution < -0.4 is 5.73 Å². The number of fused-ring (bicyclic) bond motifs is 1. The molecule has 0 aliphatic rings. The maximum absolute atomic E-state index is 5.78. The minimum absolute atomic E-state index is 0.792. The summed E-state index contributed by atoms with van der Waals surface area (Å²) in [5, 5.41) is 0. The Hall–Kier alpha value is -1.51. The Morgan fingerprint density at radius 3 is 2.33 bits per heavy atom. The number of nitrogens with one attached hydrogen (secondary N) is 1. The average molecular weight is 287 g/mol. The Kier molecular flexibility index (Phi) is 6.58. The Balaban J connectivity index is 1.59. The largest absolute Gasteiger partial charge is 0.399 e. The van der Waals surface area contributed by atoms with E-state index < -0.39 is 0 Å². The van der Waals surface area contributed by atoms with Crippen LogP contribution in [0.4, 0.5) is 5.69 Å². The van der Waals surface area contributed by atoms with Crippen molar-refractivity contribution in [3.05, 3.63) is 24.0 Å². The Labute approximate surface area is 128 Å². The summed E-state index contributed by atoms with van der Waals surface area (Å²) in [6.45, 7) is 2.27. The minimum Gasteiger partial charge on any atom is -0.399 e. The predicted octanol–water partition coefficient (Wildman–Crippen LogP) is 5.22. The van der Waals surface area contributed by atoms with Gasteiger partial charge in [0.25, 0.3) is 0 Å². The van der Waals surface area contributed by atoms with E-state index >= 15 is 0 Å². The van der Waals surface area contributed by atoms with Crippen LogP contribution in [0.1, 0.15) is 70.5 Å². The number of benzene rings is 1. The fourth-order valence-electron chi connectivity index (χ4n) is 2.80. The van der Waals surface area contributed by atoms with Gasteiger partial charge in [0.05, 0.1) is 11.0 Å². The smallest absolute Gasteiger partial charge is 0.107 e. The van der Waals surface area contributed by atoms with Crippen molar-refractivity contribution in [1.82, 2.24) is 9.97 Å². The van der Waals surface area contributed by atoms with Gasteiger partial charge < -0.3 is 10.7 Å². The minimum atomic E-state index is 0.792. The molecule has 1 aromatic carbocycles. The van der Waals surface area contributed by atoms with E-state index in [1.807, 2.05) is 18.2 Å². The van der Waals surface area contributed by atoms with E-state index in [0.717, 1.165) is 29.0 Å². The number of hydrogen-bond acceptors (Lipinski definition) is 2. The van der Waals surface area contributed by atoms with E-state index in [4.69, 9.17) is 5.73 Å². The molecule has 3 heteroatoms. The number of aromatic amines is 1. The van der Waals surface area contributed by atoms with E-state index in [9.17, 15) is 0 Å². The maximum atomic E-state index is 5.78. The molecule has 21 heavy (non-hydrogen) atoms. The number of nitrogens with zero attached hydrogens (tertiary/aromatic N) is 1. The lowest BCUT2D eigenvalue weighted by Gasteiger charge is -2.01. The number of nitrogen functional groups attached to an aromatic ring is 1. The molecule has 1 aromatic heterocycles. The van der Waals surface area contributed by atoms with Crippen LogP contribution in [0.3, 0.4) is 0 Å². The molecular formula is C18H29N3. The number of aromatic nitrogens is 2. The molecule has 3 N–H and O–H groups in total. The molecule has 0 saturated carbocycles. The number of unbranched alkanes of at least 4 members (excludes halogenated alkanes) is 8. The second-order valence-corrected chi connectivity index (χ2v) is 6.04. The van der Waals surface area contributed by atoms with Crippen LogP contribution in [0.15, 0.2) is 18.2 Å². The van der Waals surface area contributed by atoms with Crippen LogP contribution in [0.25, 0.3) is 11.0 Å². The van der Waals surface area contributed by atoms with Crippen molar-refractivity contribution in [3.63, 3.8) is 0 Å². The molecule has 0 atom stereocenters. The van der Waals surface area contributed by atoms with Crippen molar-refractivity contribution < 1.29 is 0 Å². The zero-order valence-electron chi connectivity index (χ0n) is 13.3. The molecule has 2 aromatic rings. The maximum Gasteiger partial charge on any atom is 0.107 e. The number of imidazole rings is 1. The summed E-state index contributed by atoms with van der Waals surface area (Å²) in [4.78, 5) is 7.98. The molecule has 116 valence electrons. The summed E-state index contributed by atoms with van der Waals surface area (Å²) in [5.41, 5.74) is 8.66. The van der Waals surface area contributed by atoms with E-state index in [1.54, 1.807) is 0 Å². The lowest BCUT2D eigenvalue weighted by Crippen LogP contribution is -1.88. The van der Waals surface area contributed by atoms with Gasteiger partial charge in [0, 0.05) is 12.1 Å². The van der Waals surface area contributed by atoms with Gasteiger partial charge in [0.2, 0.25) is 0 Å². The fraction of sp³-hybridized carbons (Fsp3) is 0.611. The second-order valence-electron chi connectivity index (χ2n) is 6.04. The lowest BCUT2D eigenvalue weighted by molar-refractivity contribution is 0.562. The molecule has 0 radical (unpaired) electrons. The zero-order chi connectivity index (χ0) is 14.9. The van der Waals surface area contributed by atoms with Crippen LogP contribution in [-0.2, 0) is 6.42 Å². The first-order valence-electron chi connectivity index (χ1n) is 8.53. The molecule has 2 rings (SSSR count). The van der Waals surface area contributed by atoms with Crippen molar-refractivity contribution in [1.29, 1.82) is 0 Å². The Morgan fingerprint density at radius 2 is 1.62 bits per heavy atom. The third kappa shape index (κ3) is 5.41. The highest BCUT2D eigenvalue weighted by atomic mass is 14.9. The first-order chi connectivity index (χ1) is 10.3. The van der Waals surface area contributed by atoms with E-state index in [2.05, 4.69) is 16.9 Å². The van der Waals surface area contributed by atoms with Gasteiger partial charge in [-0.25, -0.2) is 4.98 Å². The van der Waals surface area contributed by atoms with Crippen LogP contribution in [0, 0.1) is 0 Å². The molecule has 3 nitrogen and oxygen atoms in total. The molecule has 0 aliphatic heterocycles. The molecule has 0 fully saturated rings. The van der Waals surface area contributed by atoms with Crippen LogP contribution >= 0.6 is 0 Å². The molecule has 0 amide bonds. The highest BCUT2D eigenvalue weighted by molar-refractivity contribution is 5.78. The quantitative estimate of drug-likeness (QED) is 0.465. The molecule has 0 bridgehead atoms. The third-order valence-electron chi connectivity index (χ3n) is 4.07. The number of rotatable bonds is 10. The summed E-state index contributed by atoms with van der Waals surface area (Å²) in [6.07, 6.45) is 13.3. The van der Waals surface area contributed by atoms with E-state index in [1.165, 1.54) is 57.8 Å². The van der Waals surface area contributed by atoms with Gasteiger partial charge in [-0.1, -0.05) is 58.3 Å². The summed E-state index contributed by atoms with van der Waals surface area (Å²) in [7, 11) is 0. The van der Waals surface area contributed by atoms with Crippen LogP contribution in [0.5, 0.6) is 0 Å². The van der Waals surface area contributed by atoms with Gasteiger partial charge in [-0.15, -0.1) is 0 Å². The van der Waals surface area contributed by atoms with Gasteiger partial charge in [0.15, 0.2) is 0 Å². The predicted molar refractivity (Wildman–Crippen MR) is 91.4 cm³/mol. The summed E-state index contributed by atoms with van der Waals surface area (Å²) < 4.78 is 0. The van der Waals surface area contributed by atoms with Crippen molar-refractivity contribution in [2.75, 3.05) is 5.73 Å². The lowest BCUT2D eigenvalue weighted by atomic mass is 10.1. The highest BCUT2D eigenvalue weighted by Crippen LogP contribution is 2.16. The molecular weight excluding hydrogens is 258 g/mol. The number of nitrogens with two attached hydrogens (primary N) is 1. The van der Waals surface area contributed by atoms with Crippen molar-refractivity contribution >= 4 is 16.7 Å². The Morgan fingerprint density at radius 1 is 0.952 bits per heavy atom. The van der Waals surface area contributed by atoms with Crippen molar-refractivity contribution in [2.24, 2.45) is 0 Å². The first kappa shape index (κ1) is 15.9. The van der Waals surface area contributed by atoms with Gasteiger partial charge >= 0.3 is 0 Å². The van der Waals surface area contributed by atoms with Gasteiger partial charge in [-0.2, -0.15) is 0 Å². The number of anilines is 1. The fourth-order valence-corrected chi connectivity index (χ4v) is 2.80. The van der Waals surface area contributed by atoms with Crippen LogP contribution in [-0.4, -0.2) is 9.97 Å². The standard InChI is InChI=1S/C18H29N3/c1-2-3-4-5-6-7-8-9-10-11-18-20-16-13-12-15(19)14-17(16)21-18/h12-14H,2-11,19H2,1H3,(H,20,21). The SMILES string of the molecule is CCCCCCCCCCCc1nc2ccc(N)cc2[nH]1. The molecule has 0 unspecified atom stereocenters. The van der Waals surface area contributed by atoms with E-state index in [0.29, 0.717) is 0 Å². The van der Waals surface area contributed by atoms with Gasteiger partial charge in [0.1, 0.15) is 5.82 Å². The molecule has 0 aliphatic carbocycles. The van der Waals surface area contributed by atoms with Crippen LogP contribution in [0.2, 0.25) is 0 Å². The van der Waals surface area contributed by atoms with Gasteiger partial charge in [-0.05, 0) is 24.6 Å². The molecule has 1 heterocycles. The summed E-state index contributed by atoms with van der Waals surface area (Å²) >= 11 is 0. The normalized spacial score (nSPS) is 11.3. The molecule has 0 saturated heterocycles. The second kappa shape index (κ2) is 8.71. The summed E-state index contributed by atoms with van der Waals surface area (Å²) in [6, 6.07) is 5.86. The monoisotopic (exact) mass is 287 g/mol. The topological polar surface area (TPSA) is 54.7 Å². The van der Waals surface area contributed by atoms with Gasteiger partial charge in [-0.3, -0.25) is 0 Å². The van der Waals surface area contributed by atoms with Crippen molar-refractivity contribution in [2.45, 2.75) is 71.1 Å². The molecule has 0 spiro atoms. The van der Waals surface area contributed by atoms with E-state index in [-0.39, 0.29) is 0 Å². The number of H-pyrrole nitrogens is 1.